The highest BCUT2D eigenvalue weighted by Gasteiger charge is 2.38. The van der Waals surface area contributed by atoms with E-state index in [0.29, 0.717) is 6.07 Å². The van der Waals surface area contributed by atoms with E-state index in [4.69, 9.17) is 10.5 Å². The Labute approximate surface area is 222 Å². The minimum atomic E-state index is -5.02. The molecule has 0 saturated carbocycles. The van der Waals surface area contributed by atoms with Crippen LogP contribution in [0.1, 0.15) is 25.0 Å². The molecule has 3 rings (SSSR count). The van der Waals surface area contributed by atoms with E-state index in [1.54, 1.807) is 0 Å². The van der Waals surface area contributed by atoms with E-state index < -0.39 is 58.6 Å². The molecule has 3 N–H and O–H groups in total. The third-order valence-electron chi connectivity index (χ3n) is 5.58. The predicted molar refractivity (Wildman–Crippen MR) is 128 cm³/mol. The molecule has 2 aromatic heterocycles. The van der Waals surface area contributed by atoms with Crippen LogP contribution in [0.3, 0.4) is 0 Å². The molecule has 0 atom stereocenters. The largest absolute Gasteiger partial charge is 0.475 e. The van der Waals surface area contributed by atoms with E-state index in [2.05, 4.69) is 19.7 Å². The van der Waals surface area contributed by atoms with Gasteiger partial charge in [-0.1, -0.05) is 19.9 Å². The van der Waals surface area contributed by atoms with E-state index in [1.807, 2.05) is 0 Å². The fourth-order valence-corrected chi connectivity index (χ4v) is 3.52. The number of halogens is 7. The van der Waals surface area contributed by atoms with Gasteiger partial charge < -0.3 is 20.2 Å². The molecule has 0 aliphatic carbocycles. The Morgan fingerprint density at radius 3 is 2.33 bits per heavy atom. The summed E-state index contributed by atoms with van der Waals surface area (Å²) in [5.41, 5.74) is 0.469. The fourth-order valence-electron chi connectivity index (χ4n) is 3.52. The minimum Gasteiger partial charge on any atom is -0.475 e. The first kappa shape index (κ1) is 30.5. The van der Waals surface area contributed by atoms with Crippen LogP contribution in [0.2, 0.25) is 0 Å². The van der Waals surface area contributed by atoms with E-state index in [0.717, 1.165) is 18.3 Å². The molecule has 0 unspecified atom stereocenters. The number of ether oxygens (including phenoxy) is 2. The van der Waals surface area contributed by atoms with Crippen LogP contribution in [-0.2, 0) is 22.1 Å². The standard InChI is InChI=1S/C25H23F7N4O4/c1-23(2,22(33)38)10-13-3-5-15(25(30,31)32)19(20(13)26)21-35-16(9-17(37)36-21)14-4-6-18(34-11-14)40-8-7-39-12-24(27,28)29/h3-6,9,11H,7-8,10,12H2,1-2H3,(H2,33,38)(H,35,36,37). The van der Waals surface area contributed by atoms with Gasteiger partial charge in [0.25, 0.3) is 5.56 Å². The lowest BCUT2D eigenvalue weighted by Crippen LogP contribution is -2.33. The van der Waals surface area contributed by atoms with Crippen LogP contribution in [0.15, 0.2) is 41.3 Å². The Kier molecular flexibility index (Phi) is 8.87. The van der Waals surface area contributed by atoms with Crippen LogP contribution in [0, 0.1) is 11.2 Å². The molecular weight excluding hydrogens is 553 g/mol. The SMILES string of the molecule is CC(C)(Cc1ccc(C(F)(F)F)c(-c2nc(-c3ccc(OCCOCC(F)(F)F)nc3)cc(=O)[nH]2)c1F)C(N)=O. The van der Waals surface area contributed by atoms with Crippen LogP contribution >= 0.6 is 0 Å². The molecule has 0 radical (unpaired) electrons. The quantitative estimate of drug-likeness (QED) is 0.268. The second-order valence-electron chi connectivity index (χ2n) is 9.26. The zero-order valence-electron chi connectivity index (χ0n) is 21.0. The molecule has 1 amide bonds. The number of carbonyl (C=O) groups is 1. The molecule has 40 heavy (non-hydrogen) atoms. The summed E-state index contributed by atoms with van der Waals surface area (Å²) in [5.74, 6) is -2.86. The topological polar surface area (TPSA) is 120 Å². The van der Waals surface area contributed by atoms with Gasteiger partial charge in [-0.05, 0) is 24.1 Å². The van der Waals surface area contributed by atoms with Crippen LogP contribution in [0.5, 0.6) is 5.88 Å². The molecule has 0 aliphatic heterocycles. The average molecular weight is 576 g/mol. The number of aromatic amines is 1. The van der Waals surface area contributed by atoms with Crippen molar-refractivity contribution in [1.82, 2.24) is 15.0 Å². The van der Waals surface area contributed by atoms with Gasteiger partial charge in [-0.25, -0.2) is 14.4 Å². The maximum absolute atomic E-state index is 15.6. The lowest BCUT2D eigenvalue weighted by molar-refractivity contribution is -0.175. The average Bonchev–Trinajstić information content (AvgIpc) is 2.83. The summed E-state index contributed by atoms with van der Waals surface area (Å²) in [6, 6.07) is 5.11. The third-order valence-corrected chi connectivity index (χ3v) is 5.58. The van der Waals surface area contributed by atoms with Gasteiger partial charge in [-0.3, -0.25) is 9.59 Å². The Hall–Kier alpha value is -4.01. The van der Waals surface area contributed by atoms with Crippen molar-refractivity contribution in [2.24, 2.45) is 11.1 Å². The van der Waals surface area contributed by atoms with Crippen LogP contribution < -0.4 is 16.0 Å². The summed E-state index contributed by atoms with van der Waals surface area (Å²) in [4.78, 5) is 34.2. The van der Waals surface area contributed by atoms with Crippen molar-refractivity contribution in [3.05, 3.63) is 63.8 Å². The second kappa shape index (κ2) is 11.6. The van der Waals surface area contributed by atoms with Gasteiger partial charge in [0.15, 0.2) is 0 Å². The summed E-state index contributed by atoms with van der Waals surface area (Å²) < 4.78 is 103. The van der Waals surface area contributed by atoms with Crippen molar-refractivity contribution in [3.8, 4) is 28.5 Å². The van der Waals surface area contributed by atoms with Crippen molar-refractivity contribution in [2.45, 2.75) is 32.6 Å². The van der Waals surface area contributed by atoms with Gasteiger partial charge in [0.05, 0.1) is 23.4 Å². The molecule has 216 valence electrons. The number of nitrogens with one attached hydrogen (secondary N) is 1. The van der Waals surface area contributed by atoms with Crippen molar-refractivity contribution >= 4 is 5.91 Å². The van der Waals surface area contributed by atoms with Gasteiger partial charge in [-0.2, -0.15) is 26.3 Å². The number of alkyl halides is 6. The number of nitrogens with zero attached hydrogens (tertiary/aromatic N) is 2. The number of benzene rings is 1. The number of H-pyrrole nitrogens is 1. The van der Waals surface area contributed by atoms with E-state index in [1.165, 1.54) is 26.0 Å². The Morgan fingerprint density at radius 1 is 1.05 bits per heavy atom. The fraction of sp³-hybridized carbons (Fsp3) is 0.360. The number of nitrogens with two attached hydrogens (primary N) is 1. The molecule has 15 heteroatoms. The number of hydrogen-bond acceptors (Lipinski definition) is 6. The Balaban J connectivity index is 1.94. The Morgan fingerprint density at radius 2 is 1.75 bits per heavy atom. The number of primary amides is 1. The summed E-state index contributed by atoms with van der Waals surface area (Å²) >= 11 is 0. The van der Waals surface area contributed by atoms with E-state index in [-0.39, 0.29) is 42.3 Å². The van der Waals surface area contributed by atoms with Gasteiger partial charge in [0.1, 0.15) is 24.9 Å². The maximum atomic E-state index is 15.6. The first-order chi connectivity index (χ1) is 18.5. The first-order valence-corrected chi connectivity index (χ1v) is 11.5. The molecular formula is C25H23F7N4O4. The minimum absolute atomic E-state index is 0.0143. The predicted octanol–water partition coefficient (Wildman–Crippen LogP) is 4.67. The van der Waals surface area contributed by atoms with Crippen molar-refractivity contribution in [2.75, 3.05) is 19.8 Å². The number of pyridine rings is 1. The van der Waals surface area contributed by atoms with Gasteiger partial charge in [0, 0.05) is 29.3 Å². The number of hydrogen-bond donors (Lipinski definition) is 2. The third kappa shape index (κ3) is 7.77. The zero-order valence-corrected chi connectivity index (χ0v) is 21.0. The van der Waals surface area contributed by atoms with Crippen molar-refractivity contribution in [3.63, 3.8) is 0 Å². The normalized spacial score (nSPS) is 12.4. The summed E-state index contributed by atoms with van der Waals surface area (Å²) in [6.07, 6.45) is -8.67. The first-order valence-electron chi connectivity index (χ1n) is 11.5. The highest BCUT2D eigenvalue weighted by atomic mass is 19.4. The highest BCUT2D eigenvalue weighted by molar-refractivity contribution is 5.80. The number of aromatic nitrogens is 3. The van der Waals surface area contributed by atoms with Crippen molar-refractivity contribution in [1.29, 1.82) is 0 Å². The molecule has 8 nitrogen and oxygen atoms in total. The molecule has 0 fully saturated rings. The molecule has 0 saturated heterocycles. The smallest absolute Gasteiger partial charge is 0.417 e. The lowest BCUT2D eigenvalue weighted by atomic mass is 9.84. The summed E-state index contributed by atoms with van der Waals surface area (Å²) in [6.45, 7) is 0.746. The molecule has 2 heterocycles. The molecule has 0 spiro atoms. The second-order valence-corrected chi connectivity index (χ2v) is 9.26. The molecule has 1 aromatic carbocycles. The van der Waals surface area contributed by atoms with E-state index >= 15 is 4.39 Å². The van der Waals surface area contributed by atoms with Crippen LogP contribution in [-0.4, -0.2) is 46.9 Å². The summed E-state index contributed by atoms with van der Waals surface area (Å²) in [7, 11) is 0. The number of rotatable bonds is 10. The molecule has 3 aromatic rings. The van der Waals surface area contributed by atoms with Crippen LogP contribution in [0.4, 0.5) is 30.7 Å². The molecule has 0 aliphatic rings. The molecule has 0 bridgehead atoms. The Bertz CT molecular complexity index is 1420. The van der Waals surface area contributed by atoms with Crippen molar-refractivity contribution < 1.29 is 45.0 Å². The summed E-state index contributed by atoms with van der Waals surface area (Å²) in [5, 5.41) is 0. The van der Waals surface area contributed by atoms with Crippen LogP contribution in [0.25, 0.3) is 22.6 Å². The van der Waals surface area contributed by atoms with Gasteiger partial charge >= 0.3 is 12.4 Å². The van der Waals surface area contributed by atoms with Gasteiger partial charge in [-0.15, -0.1) is 0 Å². The monoisotopic (exact) mass is 576 g/mol. The number of carbonyl (C=O) groups excluding carboxylic acids is 1. The lowest BCUT2D eigenvalue weighted by Gasteiger charge is -2.22. The maximum Gasteiger partial charge on any atom is 0.417 e. The zero-order chi connectivity index (χ0) is 29.9. The number of amides is 1. The van der Waals surface area contributed by atoms with Gasteiger partial charge in [0.2, 0.25) is 11.8 Å². The highest BCUT2D eigenvalue weighted by Crippen LogP contribution is 2.39. The van der Waals surface area contributed by atoms with E-state index in [9.17, 15) is 35.9 Å².